The predicted molar refractivity (Wildman–Crippen MR) is 98.4 cm³/mol. The van der Waals surface area contributed by atoms with E-state index in [2.05, 4.69) is 17.6 Å². The minimum atomic E-state index is -0.841. The van der Waals surface area contributed by atoms with Gasteiger partial charge in [0.25, 0.3) is 5.91 Å². The Labute approximate surface area is 157 Å². The molecule has 3 aliphatic rings. The van der Waals surface area contributed by atoms with E-state index in [0.29, 0.717) is 30.0 Å². The Morgan fingerprint density at radius 1 is 1.19 bits per heavy atom. The van der Waals surface area contributed by atoms with E-state index in [9.17, 15) is 19.2 Å². The summed E-state index contributed by atoms with van der Waals surface area (Å²) in [5, 5.41) is 5.60. The zero-order valence-corrected chi connectivity index (χ0v) is 15.5. The van der Waals surface area contributed by atoms with E-state index >= 15 is 0 Å². The maximum absolute atomic E-state index is 12.9. The highest BCUT2D eigenvalue weighted by atomic mass is 16.2. The monoisotopic (exact) mass is 369 g/mol. The molecule has 1 aromatic rings. The Bertz CT molecular complexity index is 855. The fourth-order valence-corrected chi connectivity index (χ4v) is 4.24. The molecule has 1 spiro atoms. The Kier molecular flexibility index (Phi) is 4.05. The summed E-state index contributed by atoms with van der Waals surface area (Å²) in [6.07, 6.45) is 3.01. The summed E-state index contributed by atoms with van der Waals surface area (Å²) in [6.45, 7) is 3.64. The van der Waals surface area contributed by atoms with Gasteiger partial charge in [-0.15, -0.1) is 0 Å². The molecule has 1 saturated heterocycles. The summed E-state index contributed by atoms with van der Waals surface area (Å²) >= 11 is 0. The molecule has 2 heterocycles. The van der Waals surface area contributed by atoms with E-state index < -0.39 is 11.6 Å². The smallest absolute Gasteiger partial charge is 0.325 e. The van der Waals surface area contributed by atoms with Crippen molar-refractivity contribution in [1.82, 2.24) is 10.2 Å². The molecule has 1 aromatic carbocycles. The molecular formula is C20H23N3O4. The van der Waals surface area contributed by atoms with Gasteiger partial charge in [0.05, 0.1) is 12.5 Å². The van der Waals surface area contributed by atoms with Crippen molar-refractivity contribution < 1.29 is 19.2 Å². The fourth-order valence-electron chi connectivity index (χ4n) is 4.24. The van der Waals surface area contributed by atoms with Crippen LogP contribution in [0.2, 0.25) is 0 Å². The lowest BCUT2D eigenvalue weighted by Crippen LogP contribution is -2.49. The number of imide groups is 1. The second kappa shape index (κ2) is 6.18. The van der Waals surface area contributed by atoms with Gasteiger partial charge in [-0.3, -0.25) is 19.3 Å². The van der Waals surface area contributed by atoms with Crippen molar-refractivity contribution in [1.29, 1.82) is 0 Å². The molecule has 2 fully saturated rings. The number of urea groups is 1. The number of fused-ring (bicyclic) bond motifs is 1. The van der Waals surface area contributed by atoms with Crippen molar-refractivity contribution in [3.8, 4) is 0 Å². The summed E-state index contributed by atoms with van der Waals surface area (Å²) in [4.78, 5) is 50.8. The average Bonchev–Trinajstić information content (AvgIpc) is 3.06. The van der Waals surface area contributed by atoms with E-state index in [1.165, 1.54) is 0 Å². The molecule has 7 nitrogen and oxygen atoms in total. The third kappa shape index (κ3) is 2.81. The number of Topliss-reactive ketones (excluding diaryl/α,β-unsaturated/α-hetero) is 1. The van der Waals surface area contributed by atoms with Gasteiger partial charge in [-0.25, -0.2) is 4.79 Å². The first-order valence-electron chi connectivity index (χ1n) is 9.43. The summed E-state index contributed by atoms with van der Waals surface area (Å²) in [7, 11) is 0. The first-order valence-corrected chi connectivity index (χ1v) is 9.43. The fraction of sp³-hybridized carbons (Fsp3) is 0.500. The zero-order valence-electron chi connectivity index (χ0n) is 15.5. The van der Waals surface area contributed by atoms with Crippen LogP contribution in [0.5, 0.6) is 0 Å². The SMILES string of the molecule is CC1CCC2(CC1)NC(=O)N(CC(=O)c1ccc3c(c1)[C@@H](C)C(=O)N3)C2=O. The summed E-state index contributed by atoms with van der Waals surface area (Å²) < 4.78 is 0. The molecule has 0 bridgehead atoms. The van der Waals surface area contributed by atoms with Crippen LogP contribution in [0.15, 0.2) is 18.2 Å². The Morgan fingerprint density at radius 2 is 1.89 bits per heavy atom. The van der Waals surface area contributed by atoms with Crippen LogP contribution in [0.1, 0.15) is 61.4 Å². The van der Waals surface area contributed by atoms with E-state index in [-0.39, 0.29) is 30.1 Å². The van der Waals surface area contributed by atoms with Crippen LogP contribution in [0.4, 0.5) is 10.5 Å². The maximum Gasteiger partial charge on any atom is 0.325 e. The van der Waals surface area contributed by atoms with Crippen LogP contribution < -0.4 is 10.6 Å². The molecule has 27 heavy (non-hydrogen) atoms. The number of nitrogens with one attached hydrogen (secondary N) is 2. The van der Waals surface area contributed by atoms with Crippen molar-refractivity contribution in [3.05, 3.63) is 29.3 Å². The molecule has 1 aliphatic carbocycles. The maximum atomic E-state index is 12.9. The molecule has 4 rings (SSSR count). The number of carbonyl (C=O) groups excluding carboxylic acids is 4. The molecule has 2 aliphatic heterocycles. The van der Waals surface area contributed by atoms with Gasteiger partial charge in [0.1, 0.15) is 5.54 Å². The molecule has 142 valence electrons. The van der Waals surface area contributed by atoms with E-state index in [1.54, 1.807) is 25.1 Å². The number of nitrogens with zero attached hydrogens (tertiary/aromatic N) is 1. The number of rotatable bonds is 3. The van der Waals surface area contributed by atoms with Gasteiger partial charge in [0.2, 0.25) is 5.91 Å². The summed E-state index contributed by atoms with van der Waals surface area (Å²) in [5.74, 6) is -0.483. The minimum absolute atomic E-state index is 0.0998. The van der Waals surface area contributed by atoms with Gasteiger partial charge in [-0.05, 0) is 62.3 Å². The normalized spacial score (nSPS) is 29.7. The first-order chi connectivity index (χ1) is 12.8. The Morgan fingerprint density at radius 3 is 2.59 bits per heavy atom. The number of hydrogen-bond acceptors (Lipinski definition) is 4. The topological polar surface area (TPSA) is 95.6 Å². The standard InChI is InChI=1S/C20H23N3O4/c1-11-5-7-20(8-6-11)18(26)23(19(27)22-20)10-16(24)13-3-4-15-14(9-13)12(2)17(25)21-15/h3-4,9,11-12H,5-8,10H2,1-2H3,(H,21,25)(H,22,27)/t11?,12-,20?/m1/s1. The van der Waals surface area contributed by atoms with Crippen LogP contribution in [0.25, 0.3) is 0 Å². The van der Waals surface area contributed by atoms with Gasteiger partial charge in [0.15, 0.2) is 5.78 Å². The highest BCUT2D eigenvalue weighted by Gasteiger charge is 2.52. The number of benzene rings is 1. The molecule has 0 radical (unpaired) electrons. The van der Waals surface area contributed by atoms with Crippen LogP contribution in [-0.2, 0) is 9.59 Å². The number of hydrogen-bond donors (Lipinski definition) is 2. The lowest BCUT2D eigenvalue weighted by atomic mass is 9.77. The van der Waals surface area contributed by atoms with Gasteiger partial charge < -0.3 is 10.6 Å². The minimum Gasteiger partial charge on any atom is -0.325 e. The van der Waals surface area contributed by atoms with Crippen molar-refractivity contribution in [2.45, 2.75) is 51.0 Å². The number of amides is 4. The van der Waals surface area contributed by atoms with Gasteiger partial charge >= 0.3 is 6.03 Å². The number of ketones is 1. The third-order valence-electron chi connectivity index (χ3n) is 6.17. The van der Waals surface area contributed by atoms with E-state index in [0.717, 1.165) is 23.3 Å². The second-order valence-electron chi connectivity index (χ2n) is 8.02. The van der Waals surface area contributed by atoms with Crippen molar-refractivity contribution in [2.75, 3.05) is 11.9 Å². The van der Waals surface area contributed by atoms with E-state index in [1.807, 2.05) is 0 Å². The highest BCUT2D eigenvalue weighted by molar-refractivity contribution is 6.11. The van der Waals surface area contributed by atoms with Crippen LogP contribution in [0.3, 0.4) is 0 Å². The molecule has 1 saturated carbocycles. The largest absolute Gasteiger partial charge is 0.325 e. The average molecular weight is 369 g/mol. The first kappa shape index (κ1) is 17.7. The lowest BCUT2D eigenvalue weighted by molar-refractivity contribution is -0.132. The Balaban J connectivity index is 1.51. The molecule has 0 aromatic heterocycles. The van der Waals surface area contributed by atoms with Gasteiger partial charge in [-0.1, -0.05) is 6.92 Å². The molecule has 7 heteroatoms. The molecule has 1 atom stereocenters. The molecule has 2 N–H and O–H groups in total. The lowest BCUT2D eigenvalue weighted by Gasteiger charge is -2.33. The summed E-state index contributed by atoms with van der Waals surface area (Å²) in [6, 6.07) is 4.50. The van der Waals surface area contributed by atoms with Crippen molar-refractivity contribution in [2.24, 2.45) is 5.92 Å². The van der Waals surface area contributed by atoms with Crippen LogP contribution >= 0.6 is 0 Å². The van der Waals surface area contributed by atoms with Crippen molar-refractivity contribution in [3.63, 3.8) is 0 Å². The third-order valence-corrected chi connectivity index (χ3v) is 6.17. The quantitative estimate of drug-likeness (QED) is 0.632. The number of carbonyl (C=O) groups is 4. The molecule has 0 unspecified atom stereocenters. The van der Waals surface area contributed by atoms with E-state index in [4.69, 9.17) is 0 Å². The molecular weight excluding hydrogens is 346 g/mol. The second-order valence-corrected chi connectivity index (χ2v) is 8.02. The Hall–Kier alpha value is -2.70. The van der Waals surface area contributed by atoms with Gasteiger partial charge in [-0.2, -0.15) is 0 Å². The number of anilines is 1. The predicted octanol–water partition coefficient (Wildman–Crippen LogP) is 2.43. The highest BCUT2D eigenvalue weighted by Crippen LogP contribution is 2.37. The zero-order chi connectivity index (χ0) is 19.3. The molecule has 4 amide bonds. The van der Waals surface area contributed by atoms with Gasteiger partial charge in [0, 0.05) is 11.3 Å². The van der Waals surface area contributed by atoms with Crippen molar-refractivity contribution >= 4 is 29.3 Å². The summed E-state index contributed by atoms with van der Waals surface area (Å²) in [5.41, 5.74) is 1.03. The van der Waals surface area contributed by atoms with Crippen LogP contribution in [0, 0.1) is 5.92 Å². The van der Waals surface area contributed by atoms with Crippen LogP contribution in [-0.4, -0.2) is 40.6 Å².